The highest BCUT2D eigenvalue weighted by Gasteiger charge is 2.14. The molecule has 0 aliphatic heterocycles. The molecule has 0 unspecified atom stereocenters. The Kier molecular flexibility index (Phi) is 3.97. The maximum atomic E-state index is 6.13. The predicted molar refractivity (Wildman–Crippen MR) is 73.0 cm³/mol. The van der Waals surface area contributed by atoms with Crippen molar-refractivity contribution in [2.45, 2.75) is 26.8 Å². The first-order valence-corrected chi connectivity index (χ1v) is 6.47. The minimum atomic E-state index is 0.494. The average Bonchev–Trinajstić information content (AvgIpc) is 2.63. The molecule has 0 atom stereocenters. The van der Waals surface area contributed by atoms with E-state index in [0.717, 1.165) is 36.2 Å². The van der Waals surface area contributed by atoms with E-state index in [1.807, 2.05) is 13.0 Å². The summed E-state index contributed by atoms with van der Waals surface area (Å²) >= 11 is 12.1. The Hall–Kier alpha value is -0.700. The van der Waals surface area contributed by atoms with Gasteiger partial charge in [-0.15, -0.1) is 0 Å². The summed E-state index contributed by atoms with van der Waals surface area (Å²) in [6, 6.07) is 3.75. The molecule has 0 aliphatic carbocycles. The van der Waals surface area contributed by atoms with Crippen LogP contribution in [0.2, 0.25) is 10.0 Å². The van der Waals surface area contributed by atoms with Gasteiger partial charge in [0.2, 0.25) is 0 Å². The summed E-state index contributed by atoms with van der Waals surface area (Å²) in [6.07, 6.45) is 1.10. The molecule has 1 N–H and O–H groups in total. The first-order chi connectivity index (χ1) is 8.15. The van der Waals surface area contributed by atoms with E-state index >= 15 is 0 Å². The highest BCUT2D eigenvalue weighted by atomic mass is 35.5. The molecule has 92 valence electrons. The lowest BCUT2D eigenvalue weighted by Crippen LogP contribution is -2.13. The number of hydrogen-bond acceptors (Lipinski definition) is 2. The molecule has 0 aliphatic rings. The molecule has 1 aromatic heterocycles. The summed E-state index contributed by atoms with van der Waals surface area (Å²) in [5.74, 6) is 0.928. The van der Waals surface area contributed by atoms with E-state index < -0.39 is 0 Å². The van der Waals surface area contributed by atoms with Gasteiger partial charge in [0.1, 0.15) is 10.8 Å². The maximum Gasteiger partial charge on any atom is 0.154 e. The summed E-state index contributed by atoms with van der Waals surface area (Å²) in [4.78, 5) is 0. The largest absolute Gasteiger partial charge is 0.458 e. The van der Waals surface area contributed by atoms with Gasteiger partial charge in [0.25, 0.3) is 0 Å². The van der Waals surface area contributed by atoms with Gasteiger partial charge in [0.05, 0.1) is 11.6 Å². The van der Waals surface area contributed by atoms with Crippen molar-refractivity contribution < 1.29 is 4.42 Å². The number of halogens is 2. The Morgan fingerprint density at radius 3 is 2.76 bits per heavy atom. The molecule has 17 heavy (non-hydrogen) atoms. The van der Waals surface area contributed by atoms with Crippen LogP contribution in [-0.2, 0) is 6.54 Å². The first kappa shape index (κ1) is 12.7. The SMILES string of the molecule is CCCNCc1oc2c(Cl)c(Cl)ccc2c1C. The second kappa shape index (κ2) is 5.30. The van der Waals surface area contributed by atoms with Gasteiger partial charge < -0.3 is 9.73 Å². The van der Waals surface area contributed by atoms with E-state index in [1.54, 1.807) is 6.07 Å². The van der Waals surface area contributed by atoms with E-state index in [4.69, 9.17) is 27.6 Å². The third-order valence-corrected chi connectivity index (χ3v) is 3.60. The van der Waals surface area contributed by atoms with Crippen LogP contribution in [0.4, 0.5) is 0 Å². The molecule has 0 saturated carbocycles. The molecule has 2 rings (SSSR count). The number of fused-ring (bicyclic) bond motifs is 1. The third kappa shape index (κ3) is 2.44. The highest BCUT2D eigenvalue weighted by molar-refractivity contribution is 6.44. The van der Waals surface area contributed by atoms with Crippen LogP contribution in [0, 0.1) is 6.92 Å². The lowest BCUT2D eigenvalue weighted by Gasteiger charge is -2.00. The Balaban J connectivity index is 2.39. The fraction of sp³-hybridized carbons (Fsp3) is 0.385. The molecule has 0 spiro atoms. The number of aryl methyl sites for hydroxylation is 1. The minimum absolute atomic E-state index is 0.494. The smallest absolute Gasteiger partial charge is 0.154 e. The van der Waals surface area contributed by atoms with Crippen molar-refractivity contribution in [1.82, 2.24) is 5.32 Å². The van der Waals surface area contributed by atoms with Crippen molar-refractivity contribution in [2.75, 3.05) is 6.54 Å². The molecule has 0 amide bonds. The van der Waals surface area contributed by atoms with Crippen LogP contribution in [0.1, 0.15) is 24.7 Å². The highest BCUT2D eigenvalue weighted by Crippen LogP contribution is 2.35. The van der Waals surface area contributed by atoms with Crippen molar-refractivity contribution in [3.8, 4) is 0 Å². The molecule has 0 bridgehead atoms. The van der Waals surface area contributed by atoms with Gasteiger partial charge in [-0.05, 0) is 37.6 Å². The maximum absolute atomic E-state index is 6.13. The average molecular weight is 272 g/mol. The molecule has 0 saturated heterocycles. The van der Waals surface area contributed by atoms with Gasteiger partial charge in [-0.25, -0.2) is 0 Å². The number of furan rings is 1. The zero-order chi connectivity index (χ0) is 12.4. The van der Waals surface area contributed by atoms with Gasteiger partial charge in [-0.1, -0.05) is 30.1 Å². The Labute approximate surface area is 111 Å². The normalized spacial score (nSPS) is 11.3. The fourth-order valence-electron chi connectivity index (χ4n) is 1.82. The monoisotopic (exact) mass is 271 g/mol. The van der Waals surface area contributed by atoms with Crippen LogP contribution in [0.5, 0.6) is 0 Å². The van der Waals surface area contributed by atoms with Gasteiger partial charge in [0.15, 0.2) is 5.58 Å². The summed E-state index contributed by atoms with van der Waals surface area (Å²) in [5.41, 5.74) is 1.81. The van der Waals surface area contributed by atoms with Crippen molar-refractivity contribution in [2.24, 2.45) is 0 Å². The van der Waals surface area contributed by atoms with Gasteiger partial charge in [-0.3, -0.25) is 0 Å². The lowest BCUT2D eigenvalue weighted by atomic mass is 10.1. The Morgan fingerprint density at radius 1 is 1.29 bits per heavy atom. The van der Waals surface area contributed by atoms with Crippen molar-refractivity contribution in [1.29, 1.82) is 0 Å². The molecule has 2 aromatic rings. The van der Waals surface area contributed by atoms with Crippen LogP contribution >= 0.6 is 23.2 Å². The molecule has 0 fully saturated rings. The van der Waals surface area contributed by atoms with E-state index in [1.165, 1.54) is 0 Å². The molecular weight excluding hydrogens is 257 g/mol. The summed E-state index contributed by atoms with van der Waals surface area (Å²) in [7, 11) is 0. The van der Waals surface area contributed by atoms with Crippen molar-refractivity contribution >= 4 is 34.2 Å². The number of hydrogen-bond donors (Lipinski definition) is 1. The zero-order valence-electron chi connectivity index (χ0n) is 9.94. The molecule has 2 nitrogen and oxygen atoms in total. The van der Waals surface area contributed by atoms with Crippen molar-refractivity contribution in [3.05, 3.63) is 33.5 Å². The van der Waals surface area contributed by atoms with Gasteiger partial charge in [0, 0.05) is 5.39 Å². The topological polar surface area (TPSA) is 25.2 Å². The van der Waals surface area contributed by atoms with E-state index in [2.05, 4.69) is 12.2 Å². The number of rotatable bonds is 4. The quantitative estimate of drug-likeness (QED) is 0.826. The molecular formula is C13H15Cl2NO. The second-order valence-electron chi connectivity index (χ2n) is 4.07. The van der Waals surface area contributed by atoms with E-state index in [9.17, 15) is 0 Å². The fourth-order valence-corrected chi connectivity index (χ4v) is 2.18. The number of nitrogens with one attached hydrogen (secondary N) is 1. The second-order valence-corrected chi connectivity index (χ2v) is 4.85. The van der Waals surface area contributed by atoms with Crippen LogP contribution in [0.3, 0.4) is 0 Å². The van der Waals surface area contributed by atoms with Gasteiger partial charge >= 0.3 is 0 Å². The molecule has 4 heteroatoms. The predicted octanol–water partition coefficient (Wildman–Crippen LogP) is 4.55. The molecule has 1 heterocycles. The van der Waals surface area contributed by atoms with Crippen LogP contribution in [-0.4, -0.2) is 6.54 Å². The minimum Gasteiger partial charge on any atom is -0.458 e. The lowest BCUT2D eigenvalue weighted by molar-refractivity contribution is 0.510. The summed E-state index contributed by atoms with van der Waals surface area (Å²) in [5, 5.41) is 5.38. The summed E-state index contributed by atoms with van der Waals surface area (Å²) in [6.45, 7) is 5.88. The van der Waals surface area contributed by atoms with Crippen molar-refractivity contribution in [3.63, 3.8) is 0 Å². The Morgan fingerprint density at radius 2 is 2.06 bits per heavy atom. The number of benzene rings is 1. The molecule has 0 radical (unpaired) electrons. The van der Waals surface area contributed by atoms with Crippen LogP contribution < -0.4 is 5.32 Å². The Bertz CT molecular complexity index is 534. The standard InChI is InChI=1S/C13H15Cl2NO/c1-3-6-16-7-11-8(2)9-4-5-10(14)12(15)13(9)17-11/h4-5,16H,3,6-7H2,1-2H3. The summed E-state index contributed by atoms with van der Waals surface area (Å²) < 4.78 is 5.78. The molecule has 1 aromatic carbocycles. The van der Waals surface area contributed by atoms with Crippen LogP contribution in [0.15, 0.2) is 16.5 Å². The van der Waals surface area contributed by atoms with E-state index in [-0.39, 0.29) is 0 Å². The van der Waals surface area contributed by atoms with E-state index in [0.29, 0.717) is 15.6 Å². The third-order valence-electron chi connectivity index (χ3n) is 2.81. The first-order valence-electron chi connectivity index (χ1n) is 5.71. The zero-order valence-corrected chi connectivity index (χ0v) is 11.5. The van der Waals surface area contributed by atoms with Crippen LogP contribution in [0.25, 0.3) is 11.0 Å². The van der Waals surface area contributed by atoms with Gasteiger partial charge in [-0.2, -0.15) is 0 Å².